The normalized spacial score (nSPS) is 30.8. The fourth-order valence-electron chi connectivity index (χ4n) is 2.78. The van der Waals surface area contributed by atoms with Crippen LogP contribution in [0.15, 0.2) is 0 Å². The van der Waals surface area contributed by atoms with Crippen molar-refractivity contribution in [3.8, 4) is 0 Å². The summed E-state index contributed by atoms with van der Waals surface area (Å²) in [7, 11) is -0.687. The van der Waals surface area contributed by atoms with Gasteiger partial charge in [0.25, 0.3) is 0 Å². The van der Waals surface area contributed by atoms with Crippen molar-refractivity contribution in [3.05, 3.63) is 0 Å². The van der Waals surface area contributed by atoms with Crippen molar-refractivity contribution in [2.24, 2.45) is 0 Å². The van der Waals surface area contributed by atoms with E-state index in [0.29, 0.717) is 11.3 Å². The van der Waals surface area contributed by atoms with Crippen molar-refractivity contribution < 1.29 is 8.95 Å². The molecule has 1 spiro atoms. The molecule has 1 aliphatic heterocycles. The van der Waals surface area contributed by atoms with E-state index in [4.69, 9.17) is 4.74 Å². The SMILES string of the molecule is CC(CCNC1CCOC2(CCC2)C1)S(C)=O. The zero-order chi connectivity index (χ0) is 12.3. The Morgan fingerprint density at radius 3 is 2.88 bits per heavy atom. The van der Waals surface area contributed by atoms with Crippen LogP contribution in [0.4, 0.5) is 0 Å². The van der Waals surface area contributed by atoms with Gasteiger partial charge in [0.05, 0.1) is 5.60 Å². The Balaban J connectivity index is 1.67. The molecule has 100 valence electrons. The van der Waals surface area contributed by atoms with Gasteiger partial charge < -0.3 is 10.1 Å². The first-order chi connectivity index (χ1) is 8.11. The first-order valence-corrected chi connectivity index (χ1v) is 8.43. The van der Waals surface area contributed by atoms with Gasteiger partial charge in [-0.3, -0.25) is 4.21 Å². The maximum atomic E-state index is 11.2. The van der Waals surface area contributed by atoms with E-state index in [1.54, 1.807) is 6.26 Å². The predicted molar refractivity (Wildman–Crippen MR) is 71.7 cm³/mol. The molecule has 2 fully saturated rings. The third kappa shape index (κ3) is 3.52. The van der Waals surface area contributed by atoms with Gasteiger partial charge in [-0.2, -0.15) is 0 Å². The molecule has 1 aliphatic carbocycles. The van der Waals surface area contributed by atoms with Crippen molar-refractivity contribution in [2.45, 2.75) is 62.3 Å². The van der Waals surface area contributed by atoms with Gasteiger partial charge in [-0.25, -0.2) is 0 Å². The van der Waals surface area contributed by atoms with E-state index in [2.05, 4.69) is 12.2 Å². The van der Waals surface area contributed by atoms with Crippen molar-refractivity contribution in [2.75, 3.05) is 19.4 Å². The first kappa shape index (κ1) is 13.5. The number of hydrogen-bond acceptors (Lipinski definition) is 3. The van der Waals surface area contributed by atoms with Crippen LogP contribution >= 0.6 is 0 Å². The minimum Gasteiger partial charge on any atom is -0.375 e. The monoisotopic (exact) mass is 259 g/mol. The highest BCUT2D eigenvalue weighted by Gasteiger charge is 2.42. The first-order valence-electron chi connectivity index (χ1n) is 6.81. The molecule has 0 radical (unpaired) electrons. The second-order valence-electron chi connectivity index (χ2n) is 5.63. The minimum absolute atomic E-state index is 0.231. The molecule has 2 rings (SSSR count). The summed E-state index contributed by atoms with van der Waals surface area (Å²) >= 11 is 0. The molecule has 3 atom stereocenters. The Bertz CT molecular complexity index is 279. The molecule has 4 heteroatoms. The molecule has 0 amide bonds. The molecular weight excluding hydrogens is 234 g/mol. The molecule has 1 saturated heterocycles. The molecular formula is C13H25NO2S. The summed E-state index contributed by atoms with van der Waals surface area (Å²) in [6.07, 6.45) is 8.94. The smallest absolute Gasteiger partial charge is 0.0697 e. The third-order valence-corrected chi connectivity index (χ3v) is 5.68. The summed E-state index contributed by atoms with van der Waals surface area (Å²) < 4.78 is 17.2. The quantitative estimate of drug-likeness (QED) is 0.818. The van der Waals surface area contributed by atoms with E-state index in [0.717, 1.165) is 26.0 Å². The average Bonchev–Trinajstić information content (AvgIpc) is 2.27. The van der Waals surface area contributed by atoms with Crippen LogP contribution in [0.1, 0.15) is 45.4 Å². The van der Waals surface area contributed by atoms with Gasteiger partial charge in [0.1, 0.15) is 0 Å². The molecule has 1 N–H and O–H groups in total. The van der Waals surface area contributed by atoms with E-state index < -0.39 is 10.8 Å². The van der Waals surface area contributed by atoms with Gasteiger partial charge in [-0.05, 0) is 45.1 Å². The van der Waals surface area contributed by atoms with Crippen LogP contribution in [-0.2, 0) is 15.5 Å². The lowest BCUT2D eigenvalue weighted by Gasteiger charge is -2.47. The average molecular weight is 259 g/mol. The molecule has 3 unspecified atom stereocenters. The van der Waals surface area contributed by atoms with E-state index in [1.165, 1.54) is 25.7 Å². The highest BCUT2D eigenvalue weighted by atomic mass is 32.2. The van der Waals surface area contributed by atoms with Crippen LogP contribution < -0.4 is 5.32 Å². The fraction of sp³-hybridized carbons (Fsp3) is 1.00. The Morgan fingerprint density at radius 2 is 2.29 bits per heavy atom. The topological polar surface area (TPSA) is 38.3 Å². The summed E-state index contributed by atoms with van der Waals surface area (Å²) in [5, 5.41) is 3.92. The van der Waals surface area contributed by atoms with Crippen LogP contribution in [0.2, 0.25) is 0 Å². The molecule has 1 saturated carbocycles. The van der Waals surface area contributed by atoms with E-state index >= 15 is 0 Å². The molecule has 0 aromatic rings. The third-order valence-electron chi connectivity index (χ3n) is 4.31. The van der Waals surface area contributed by atoms with Crippen LogP contribution in [0.25, 0.3) is 0 Å². The second-order valence-corrected chi connectivity index (χ2v) is 7.43. The maximum Gasteiger partial charge on any atom is 0.0697 e. The number of rotatable bonds is 5. The summed E-state index contributed by atoms with van der Waals surface area (Å²) in [6, 6.07) is 0.613. The second kappa shape index (κ2) is 5.81. The maximum absolute atomic E-state index is 11.2. The molecule has 0 aromatic carbocycles. The summed E-state index contributed by atoms with van der Waals surface area (Å²) in [4.78, 5) is 0. The van der Waals surface area contributed by atoms with Gasteiger partial charge >= 0.3 is 0 Å². The van der Waals surface area contributed by atoms with Gasteiger partial charge in [0.15, 0.2) is 0 Å². The Labute approximate surface area is 107 Å². The zero-order valence-corrected chi connectivity index (χ0v) is 11.9. The standard InChI is InChI=1S/C13H25NO2S/c1-11(17(2)15)4-8-14-12-5-9-16-13(10-12)6-3-7-13/h11-12,14H,3-10H2,1-2H3. The van der Waals surface area contributed by atoms with Crippen molar-refractivity contribution in [3.63, 3.8) is 0 Å². The summed E-state index contributed by atoms with van der Waals surface area (Å²) in [6.45, 7) is 3.96. The van der Waals surface area contributed by atoms with Gasteiger partial charge in [-0.1, -0.05) is 6.92 Å². The Morgan fingerprint density at radius 1 is 1.53 bits per heavy atom. The van der Waals surface area contributed by atoms with Crippen LogP contribution in [0, 0.1) is 0 Å². The molecule has 0 aromatic heterocycles. The number of hydrogen-bond donors (Lipinski definition) is 1. The fourth-order valence-corrected chi connectivity index (χ4v) is 3.23. The zero-order valence-electron chi connectivity index (χ0n) is 11.0. The van der Waals surface area contributed by atoms with E-state index in [1.807, 2.05) is 0 Å². The van der Waals surface area contributed by atoms with Crippen molar-refractivity contribution in [1.82, 2.24) is 5.32 Å². The lowest BCUT2D eigenvalue weighted by Crippen LogP contribution is -2.51. The minimum atomic E-state index is -0.687. The summed E-state index contributed by atoms with van der Waals surface area (Å²) in [5.74, 6) is 0. The van der Waals surface area contributed by atoms with Crippen LogP contribution in [0.3, 0.4) is 0 Å². The Hall–Kier alpha value is 0.0700. The van der Waals surface area contributed by atoms with E-state index in [-0.39, 0.29) is 5.60 Å². The van der Waals surface area contributed by atoms with E-state index in [9.17, 15) is 4.21 Å². The van der Waals surface area contributed by atoms with Crippen molar-refractivity contribution in [1.29, 1.82) is 0 Å². The van der Waals surface area contributed by atoms with Crippen LogP contribution in [-0.4, -0.2) is 40.5 Å². The van der Waals surface area contributed by atoms with Crippen molar-refractivity contribution >= 4 is 10.8 Å². The highest BCUT2D eigenvalue weighted by molar-refractivity contribution is 7.84. The lowest BCUT2D eigenvalue weighted by molar-refractivity contribution is -0.135. The predicted octanol–water partition coefficient (Wildman–Crippen LogP) is 1.83. The van der Waals surface area contributed by atoms with Gasteiger partial charge in [0.2, 0.25) is 0 Å². The number of ether oxygens (including phenoxy) is 1. The molecule has 3 nitrogen and oxygen atoms in total. The molecule has 2 aliphatic rings. The highest BCUT2D eigenvalue weighted by Crippen LogP contribution is 2.42. The molecule has 1 heterocycles. The largest absolute Gasteiger partial charge is 0.375 e. The Kier molecular flexibility index (Phi) is 4.61. The molecule has 0 bridgehead atoms. The van der Waals surface area contributed by atoms with Crippen LogP contribution in [0.5, 0.6) is 0 Å². The molecule has 17 heavy (non-hydrogen) atoms. The summed E-state index contributed by atoms with van der Waals surface area (Å²) in [5.41, 5.74) is 0.231. The number of nitrogens with one attached hydrogen (secondary N) is 1. The van der Waals surface area contributed by atoms with Gasteiger partial charge in [0, 0.05) is 35.0 Å². The lowest BCUT2D eigenvalue weighted by atomic mass is 9.74. The van der Waals surface area contributed by atoms with Gasteiger partial charge in [-0.15, -0.1) is 0 Å².